The van der Waals surface area contributed by atoms with Gasteiger partial charge in [0.2, 0.25) is 5.92 Å². The van der Waals surface area contributed by atoms with Crippen molar-refractivity contribution in [1.29, 1.82) is 0 Å². The second kappa shape index (κ2) is 2.99. The zero-order valence-electron chi connectivity index (χ0n) is 5.14. The molecule has 1 aliphatic rings. The molecule has 0 atom stereocenters. The molecule has 9 heavy (non-hydrogen) atoms. The number of hydrogen-bond donors (Lipinski definition) is 0. The minimum Gasteiger partial charge on any atom is -0.662 e. The average Bonchev–Trinajstić information content (AvgIpc) is 1.60. The minimum atomic E-state index is -2.40. The van der Waals surface area contributed by atoms with Crippen LogP contribution in [0.5, 0.6) is 0 Å². The SMILES string of the molecule is C[N-]C1CC(F)(F)C1.[V]. The van der Waals surface area contributed by atoms with Crippen molar-refractivity contribution >= 4 is 0 Å². The normalized spacial score (nSPS) is 24.3. The molecule has 1 rings (SSSR count). The average molecular weight is 171 g/mol. The molecule has 1 nitrogen and oxygen atoms in total. The van der Waals surface area contributed by atoms with Crippen LogP contribution in [0.15, 0.2) is 0 Å². The van der Waals surface area contributed by atoms with Crippen LogP contribution in [0.25, 0.3) is 5.32 Å². The maximum Gasteiger partial charge on any atom is 0.245 e. The standard InChI is InChI=1S/C5H8F2N.V/c1-8-4-2-5(6,7)3-4;/h4H,2-3H2,1H3;/q-1;. The number of hydrogen-bond acceptors (Lipinski definition) is 0. The summed E-state index contributed by atoms with van der Waals surface area (Å²) in [5.41, 5.74) is 0. The van der Waals surface area contributed by atoms with E-state index in [2.05, 4.69) is 5.32 Å². The van der Waals surface area contributed by atoms with Gasteiger partial charge in [-0.3, -0.25) is 0 Å². The first-order valence-electron chi connectivity index (χ1n) is 2.61. The molecule has 0 unspecified atom stereocenters. The Labute approximate surface area is 65.1 Å². The van der Waals surface area contributed by atoms with Gasteiger partial charge in [0.05, 0.1) is 0 Å². The van der Waals surface area contributed by atoms with Crippen molar-refractivity contribution in [3.05, 3.63) is 5.32 Å². The number of halogens is 2. The van der Waals surface area contributed by atoms with E-state index >= 15 is 0 Å². The fraction of sp³-hybridized carbons (Fsp3) is 1.00. The topological polar surface area (TPSA) is 14.1 Å². The van der Waals surface area contributed by atoms with E-state index in [0.29, 0.717) is 0 Å². The summed E-state index contributed by atoms with van der Waals surface area (Å²) in [5.74, 6) is -2.40. The van der Waals surface area contributed by atoms with Crippen LogP contribution in [0.4, 0.5) is 8.78 Å². The molecule has 1 aliphatic carbocycles. The molecule has 0 aromatic carbocycles. The molecule has 1 radical (unpaired) electrons. The van der Waals surface area contributed by atoms with Gasteiger partial charge in [0, 0.05) is 18.6 Å². The van der Waals surface area contributed by atoms with Gasteiger partial charge >= 0.3 is 0 Å². The summed E-state index contributed by atoms with van der Waals surface area (Å²) in [6.07, 6.45) is -0.0764. The molecule has 1 fully saturated rings. The van der Waals surface area contributed by atoms with E-state index in [0.717, 1.165) is 0 Å². The molecule has 0 heterocycles. The van der Waals surface area contributed by atoms with Crippen molar-refractivity contribution in [2.45, 2.75) is 24.8 Å². The van der Waals surface area contributed by atoms with Crippen LogP contribution in [0.2, 0.25) is 0 Å². The first-order valence-corrected chi connectivity index (χ1v) is 2.61. The van der Waals surface area contributed by atoms with Gasteiger partial charge in [0.25, 0.3) is 0 Å². The van der Waals surface area contributed by atoms with Crippen LogP contribution >= 0.6 is 0 Å². The first-order chi connectivity index (χ1) is 3.64. The van der Waals surface area contributed by atoms with E-state index in [-0.39, 0.29) is 37.4 Å². The molecule has 0 aliphatic heterocycles. The Balaban J connectivity index is 0.000000640. The molecule has 1 saturated carbocycles. The van der Waals surface area contributed by atoms with E-state index in [9.17, 15) is 8.78 Å². The zero-order chi connectivity index (χ0) is 6.20. The maximum absolute atomic E-state index is 11.9. The van der Waals surface area contributed by atoms with Gasteiger partial charge in [-0.05, 0) is 12.8 Å². The van der Waals surface area contributed by atoms with Crippen LogP contribution in [-0.2, 0) is 18.6 Å². The Kier molecular flexibility index (Phi) is 3.13. The largest absolute Gasteiger partial charge is 0.662 e. The molecule has 53 valence electrons. The second-order valence-electron chi connectivity index (χ2n) is 2.18. The van der Waals surface area contributed by atoms with Gasteiger partial charge in [0.1, 0.15) is 0 Å². The number of alkyl halides is 2. The Hall–Kier alpha value is 0.404. The van der Waals surface area contributed by atoms with Gasteiger partial charge in [-0.15, -0.1) is 6.04 Å². The van der Waals surface area contributed by atoms with Gasteiger partial charge in [-0.25, -0.2) is 8.78 Å². The molecular weight excluding hydrogens is 163 g/mol. The summed E-state index contributed by atoms with van der Waals surface area (Å²) in [4.78, 5) is 0. The summed E-state index contributed by atoms with van der Waals surface area (Å²) in [6.45, 7) is 0. The molecule has 0 amide bonds. The van der Waals surface area contributed by atoms with Gasteiger partial charge in [-0.2, -0.15) is 7.05 Å². The van der Waals surface area contributed by atoms with Crippen molar-refractivity contribution < 1.29 is 27.3 Å². The maximum atomic E-state index is 11.9. The molecule has 4 heteroatoms. The zero-order valence-corrected chi connectivity index (χ0v) is 6.54. The van der Waals surface area contributed by atoms with Gasteiger partial charge in [0.15, 0.2) is 0 Å². The Bertz CT molecular complexity index is 89.0. The quantitative estimate of drug-likeness (QED) is 0.571. The van der Waals surface area contributed by atoms with Crippen LogP contribution in [0.1, 0.15) is 12.8 Å². The monoisotopic (exact) mass is 171 g/mol. The van der Waals surface area contributed by atoms with E-state index in [1.807, 2.05) is 0 Å². The van der Waals surface area contributed by atoms with E-state index in [1.165, 1.54) is 0 Å². The third kappa shape index (κ3) is 2.24. The Morgan fingerprint density at radius 1 is 1.44 bits per heavy atom. The molecule has 0 bridgehead atoms. The Morgan fingerprint density at radius 3 is 2.00 bits per heavy atom. The van der Waals surface area contributed by atoms with Crippen molar-refractivity contribution in [2.24, 2.45) is 0 Å². The molecule has 0 saturated heterocycles. The third-order valence-corrected chi connectivity index (χ3v) is 1.43. The summed E-state index contributed by atoms with van der Waals surface area (Å²) >= 11 is 0. The van der Waals surface area contributed by atoms with E-state index in [4.69, 9.17) is 0 Å². The van der Waals surface area contributed by atoms with E-state index < -0.39 is 5.92 Å². The second-order valence-corrected chi connectivity index (χ2v) is 2.18. The van der Waals surface area contributed by atoms with Crippen molar-refractivity contribution in [3.8, 4) is 0 Å². The van der Waals surface area contributed by atoms with Gasteiger partial charge < -0.3 is 5.32 Å². The van der Waals surface area contributed by atoms with Crippen molar-refractivity contribution in [3.63, 3.8) is 0 Å². The molecule has 0 aromatic rings. The number of nitrogens with zero attached hydrogens (tertiary/aromatic N) is 1. The van der Waals surface area contributed by atoms with Gasteiger partial charge in [-0.1, -0.05) is 0 Å². The number of rotatable bonds is 1. The molecule has 0 aromatic heterocycles. The van der Waals surface area contributed by atoms with Crippen LogP contribution in [0, 0.1) is 0 Å². The summed E-state index contributed by atoms with van der Waals surface area (Å²) in [5, 5.41) is 3.71. The smallest absolute Gasteiger partial charge is 0.245 e. The summed E-state index contributed by atoms with van der Waals surface area (Å²) in [6, 6.07) is -0.0648. The molecule has 0 spiro atoms. The van der Waals surface area contributed by atoms with Crippen molar-refractivity contribution in [2.75, 3.05) is 7.05 Å². The molecular formula is C5H8F2NV-. The fourth-order valence-corrected chi connectivity index (χ4v) is 0.812. The summed E-state index contributed by atoms with van der Waals surface area (Å²) in [7, 11) is 1.58. The third-order valence-electron chi connectivity index (χ3n) is 1.43. The van der Waals surface area contributed by atoms with Crippen LogP contribution in [-0.4, -0.2) is 19.0 Å². The minimum absolute atomic E-state index is 0. The molecule has 0 N–H and O–H groups in total. The predicted octanol–water partition coefficient (Wildman–Crippen LogP) is 1.79. The van der Waals surface area contributed by atoms with Crippen molar-refractivity contribution in [1.82, 2.24) is 0 Å². The first kappa shape index (κ1) is 9.40. The summed E-state index contributed by atoms with van der Waals surface area (Å²) < 4.78 is 23.8. The Morgan fingerprint density at radius 2 is 1.89 bits per heavy atom. The van der Waals surface area contributed by atoms with Crippen LogP contribution < -0.4 is 0 Å². The van der Waals surface area contributed by atoms with E-state index in [1.54, 1.807) is 7.05 Å². The predicted molar refractivity (Wildman–Crippen MR) is 27.3 cm³/mol. The fourth-order valence-electron chi connectivity index (χ4n) is 0.812. The van der Waals surface area contributed by atoms with Crippen LogP contribution in [0.3, 0.4) is 0 Å².